The van der Waals surface area contributed by atoms with Gasteiger partial charge in [-0.1, -0.05) is 12.1 Å². The Hall–Kier alpha value is -2.10. The van der Waals surface area contributed by atoms with E-state index in [2.05, 4.69) is 0 Å². The zero-order chi connectivity index (χ0) is 13.4. The molecule has 1 fully saturated rings. The highest BCUT2D eigenvalue weighted by Crippen LogP contribution is 2.26. The quantitative estimate of drug-likeness (QED) is 0.786. The summed E-state index contributed by atoms with van der Waals surface area (Å²) in [5, 5.41) is 0.992. The van der Waals surface area contributed by atoms with E-state index in [1.165, 1.54) is 0 Å². The van der Waals surface area contributed by atoms with E-state index in [-0.39, 0.29) is 5.91 Å². The number of carbonyl (C=O) groups excluding carboxylic acids is 2. The van der Waals surface area contributed by atoms with Crippen LogP contribution in [-0.2, 0) is 11.3 Å². The lowest BCUT2D eigenvalue weighted by atomic mass is 10.1. The molecule has 0 N–H and O–H groups in total. The van der Waals surface area contributed by atoms with Crippen LogP contribution in [0.5, 0.6) is 0 Å². The Morgan fingerprint density at radius 1 is 1.42 bits per heavy atom. The lowest BCUT2D eigenvalue weighted by Crippen LogP contribution is -2.31. The summed E-state index contributed by atoms with van der Waals surface area (Å²) in [7, 11) is 1.85. The monoisotopic (exact) mass is 256 g/mol. The normalized spacial score (nSPS) is 14.6. The van der Waals surface area contributed by atoms with Crippen molar-refractivity contribution in [2.24, 2.45) is 0 Å². The zero-order valence-electron chi connectivity index (χ0n) is 10.9. The van der Waals surface area contributed by atoms with Gasteiger partial charge in [-0.15, -0.1) is 0 Å². The van der Waals surface area contributed by atoms with E-state index in [9.17, 15) is 9.59 Å². The molecule has 0 unspecified atom stereocenters. The summed E-state index contributed by atoms with van der Waals surface area (Å²) in [4.78, 5) is 25.1. The fourth-order valence-corrected chi connectivity index (χ4v) is 2.44. The topological polar surface area (TPSA) is 42.3 Å². The molecule has 1 saturated carbocycles. The van der Waals surface area contributed by atoms with Crippen molar-refractivity contribution < 1.29 is 9.59 Å². The van der Waals surface area contributed by atoms with Crippen molar-refractivity contribution in [2.45, 2.75) is 25.4 Å². The van der Waals surface area contributed by atoms with Gasteiger partial charge in [0.2, 0.25) is 5.91 Å². The average Bonchev–Trinajstić information content (AvgIpc) is 3.20. The number of nitrogens with zero attached hydrogens (tertiary/aromatic N) is 2. The zero-order valence-corrected chi connectivity index (χ0v) is 10.9. The maximum atomic E-state index is 12.2. The van der Waals surface area contributed by atoms with Gasteiger partial charge >= 0.3 is 0 Å². The summed E-state index contributed by atoms with van der Waals surface area (Å²) in [6.45, 7) is 0.293. The number of fused-ring (bicyclic) bond motifs is 1. The number of para-hydroxylation sites is 1. The highest BCUT2D eigenvalue weighted by molar-refractivity contribution is 5.97. The molecule has 1 aromatic heterocycles. The molecular formula is C15H16N2O2. The molecule has 3 rings (SSSR count). The summed E-state index contributed by atoms with van der Waals surface area (Å²) in [6.07, 6.45) is 4.92. The van der Waals surface area contributed by atoms with Crippen LogP contribution >= 0.6 is 0 Å². The molecule has 4 heteroatoms. The van der Waals surface area contributed by atoms with Crippen molar-refractivity contribution in [3.8, 4) is 0 Å². The van der Waals surface area contributed by atoms with Crippen LogP contribution in [0.1, 0.15) is 23.2 Å². The minimum atomic E-state index is 0.0979. The molecule has 1 aliphatic carbocycles. The number of hydrogen-bond donors (Lipinski definition) is 0. The van der Waals surface area contributed by atoms with Gasteiger partial charge in [0.05, 0.1) is 5.52 Å². The van der Waals surface area contributed by atoms with Gasteiger partial charge in [0, 0.05) is 30.2 Å². The first kappa shape index (κ1) is 12.0. The van der Waals surface area contributed by atoms with Crippen molar-refractivity contribution >= 4 is 23.1 Å². The van der Waals surface area contributed by atoms with Crippen molar-refractivity contribution in [1.29, 1.82) is 0 Å². The van der Waals surface area contributed by atoms with Crippen molar-refractivity contribution in [3.63, 3.8) is 0 Å². The number of likely N-dealkylation sites (N-methyl/N-ethyl adjacent to an activating group) is 1. The van der Waals surface area contributed by atoms with E-state index in [1.54, 1.807) is 6.07 Å². The molecule has 0 radical (unpaired) electrons. The number of benzene rings is 1. The fraction of sp³-hybridized carbons (Fsp3) is 0.333. The molecule has 0 saturated heterocycles. The Bertz CT molecular complexity index is 641. The summed E-state index contributed by atoms with van der Waals surface area (Å²) in [5.74, 6) is 0.0979. The maximum absolute atomic E-state index is 12.2. The van der Waals surface area contributed by atoms with Crippen LogP contribution in [0.25, 0.3) is 10.9 Å². The molecule has 19 heavy (non-hydrogen) atoms. The smallest absolute Gasteiger partial charge is 0.242 e. The highest BCUT2D eigenvalue weighted by Gasteiger charge is 2.29. The molecular weight excluding hydrogens is 240 g/mol. The second-order valence-corrected chi connectivity index (χ2v) is 5.08. The Labute approximate surface area is 111 Å². The SMILES string of the molecule is CN(C(=O)Cn1ccc2cccc(C=O)c21)C1CC1. The summed E-state index contributed by atoms with van der Waals surface area (Å²) >= 11 is 0. The van der Waals surface area contributed by atoms with Gasteiger partial charge in [0.25, 0.3) is 0 Å². The van der Waals surface area contributed by atoms with E-state index < -0.39 is 0 Å². The third kappa shape index (κ3) is 2.14. The second kappa shape index (κ2) is 4.53. The lowest BCUT2D eigenvalue weighted by molar-refractivity contribution is -0.130. The van der Waals surface area contributed by atoms with Gasteiger partial charge in [-0.05, 0) is 25.0 Å². The third-order valence-corrected chi connectivity index (χ3v) is 3.74. The van der Waals surface area contributed by atoms with Crippen molar-refractivity contribution in [2.75, 3.05) is 7.05 Å². The van der Waals surface area contributed by atoms with Gasteiger partial charge in [-0.25, -0.2) is 0 Å². The summed E-state index contributed by atoms with van der Waals surface area (Å²) in [5.41, 5.74) is 1.47. The minimum Gasteiger partial charge on any atom is -0.341 e. The Morgan fingerprint density at radius 2 is 2.21 bits per heavy atom. The van der Waals surface area contributed by atoms with Crippen LogP contribution in [0.2, 0.25) is 0 Å². The summed E-state index contributed by atoms with van der Waals surface area (Å²) < 4.78 is 1.86. The second-order valence-electron chi connectivity index (χ2n) is 5.08. The molecule has 0 aliphatic heterocycles. The predicted molar refractivity (Wildman–Crippen MR) is 73.1 cm³/mol. The van der Waals surface area contributed by atoms with Gasteiger partial charge < -0.3 is 9.47 Å². The molecule has 1 heterocycles. The van der Waals surface area contributed by atoms with Crippen LogP contribution in [0.15, 0.2) is 30.5 Å². The first-order valence-corrected chi connectivity index (χ1v) is 6.49. The van der Waals surface area contributed by atoms with Crippen LogP contribution in [0.4, 0.5) is 0 Å². The highest BCUT2D eigenvalue weighted by atomic mass is 16.2. The third-order valence-electron chi connectivity index (χ3n) is 3.74. The molecule has 98 valence electrons. The minimum absolute atomic E-state index is 0.0979. The molecule has 0 spiro atoms. The van der Waals surface area contributed by atoms with Gasteiger partial charge in [-0.3, -0.25) is 9.59 Å². The van der Waals surface area contributed by atoms with Crippen LogP contribution in [0.3, 0.4) is 0 Å². The molecule has 2 aromatic rings. The number of hydrogen-bond acceptors (Lipinski definition) is 2. The Balaban J connectivity index is 1.92. The first-order chi connectivity index (χ1) is 9.20. The van der Waals surface area contributed by atoms with Gasteiger partial charge in [0.15, 0.2) is 6.29 Å². The number of aromatic nitrogens is 1. The van der Waals surface area contributed by atoms with Crippen LogP contribution in [-0.4, -0.2) is 34.7 Å². The number of amides is 1. The van der Waals surface area contributed by atoms with E-state index in [0.717, 1.165) is 30.0 Å². The predicted octanol–water partition coefficient (Wildman–Crippen LogP) is 2.07. The van der Waals surface area contributed by atoms with E-state index in [4.69, 9.17) is 0 Å². The molecule has 1 aliphatic rings. The lowest BCUT2D eigenvalue weighted by Gasteiger charge is -2.17. The summed E-state index contributed by atoms with van der Waals surface area (Å²) in [6, 6.07) is 7.94. The molecule has 0 bridgehead atoms. The van der Waals surface area contributed by atoms with Crippen molar-refractivity contribution in [3.05, 3.63) is 36.0 Å². The fourth-order valence-electron chi connectivity index (χ4n) is 2.44. The Morgan fingerprint density at radius 3 is 2.89 bits per heavy atom. The maximum Gasteiger partial charge on any atom is 0.242 e. The van der Waals surface area contributed by atoms with Crippen LogP contribution < -0.4 is 0 Å². The van der Waals surface area contributed by atoms with E-state index in [1.807, 2.05) is 40.9 Å². The number of carbonyl (C=O) groups is 2. The van der Waals surface area contributed by atoms with Gasteiger partial charge in [-0.2, -0.15) is 0 Å². The number of aldehydes is 1. The standard InChI is InChI=1S/C15H16N2O2/c1-16(13-5-6-13)14(19)9-17-8-7-11-3-2-4-12(10-18)15(11)17/h2-4,7-8,10,13H,5-6,9H2,1H3. The average molecular weight is 256 g/mol. The number of rotatable bonds is 4. The van der Waals surface area contributed by atoms with E-state index in [0.29, 0.717) is 18.2 Å². The van der Waals surface area contributed by atoms with E-state index >= 15 is 0 Å². The molecule has 1 aromatic carbocycles. The van der Waals surface area contributed by atoms with Gasteiger partial charge in [0.1, 0.15) is 6.54 Å². The Kier molecular flexibility index (Phi) is 2.85. The molecule has 0 atom stereocenters. The molecule has 1 amide bonds. The van der Waals surface area contributed by atoms with Crippen molar-refractivity contribution in [1.82, 2.24) is 9.47 Å². The van der Waals surface area contributed by atoms with Crippen LogP contribution in [0, 0.1) is 0 Å². The molecule has 4 nitrogen and oxygen atoms in total. The largest absolute Gasteiger partial charge is 0.341 e. The first-order valence-electron chi connectivity index (χ1n) is 6.49.